The van der Waals surface area contributed by atoms with Crippen LogP contribution in [-0.4, -0.2) is 6.54 Å². The molecule has 4 heteroatoms. The SMILES string of the molecule is CCNC(C)c1ccc(-c2cc(F)c(F)cc2F)cc1. The second-order valence-corrected chi connectivity index (χ2v) is 4.65. The van der Waals surface area contributed by atoms with Crippen molar-refractivity contribution in [2.75, 3.05) is 6.54 Å². The van der Waals surface area contributed by atoms with Gasteiger partial charge >= 0.3 is 0 Å². The molecular formula is C16H16F3N. The highest BCUT2D eigenvalue weighted by atomic mass is 19.2. The first-order valence-corrected chi connectivity index (χ1v) is 6.51. The highest BCUT2D eigenvalue weighted by molar-refractivity contribution is 5.64. The summed E-state index contributed by atoms with van der Waals surface area (Å²) >= 11 is 0. The summed E-state index contributed by atoms with van der Waals surface area (Å²) in [7, 11) is 0. The van der Waals surface area contributed by atoms with Crippen molar-refractivity contribution < 1.29 is 13.2 Å². The van der Waals surface area contributed by atoms with Gasteiger partial charge in [0.15, 0.2) is 11.6 Å². The normalized spacial score (nSPS) is 12.4. The summed E-state index contributed by atoms with van der Waals surface area (Å²) in [5, 5.41) is 3.27. The van der Waals surface area contributed by atoms with Crippen LogP contribution in [0, 0.1) is 17.5 Å². The fourth-order valence-corrected chi connectivity index (χ4v) is 2.12. The molecule has 1 atom stereocenters. The first kappa shape index (κ1) is 14.6. The molecule has 20 heavy (non-hydrogen) atoms. The minimum absolute atomic E-state index is 0.0616. The van der Waals surface area contributed by atoms with Crippen LogP contribution < -0.4 is 5.32 Å². The molecule has 0 heterocycles. The van der Waals surface area contributed by atoms with E-state index in [0.29, 0.717) is 11.6 Å². The van der Waals surface area contributed by atoms with E-state index >= 15 is 0 Å². The Labute approximate surface area is 116 Å². The molecule has 0 saturated heterocycles. The van der Waals surface area contributed by atoms with Crippen molar-refractivity contribution in [1.82, 2.24) is 5.32 Å². The summed E-state index contributed by atoms with van der Waals surface area (Å²) < 4.78 is 39.8. The summed E-state index contributed by atoms with van der Waals surface area (Å²) in [5.74, 6) is -2.99. The number of hydrogen-bond donors (Lipinski definition) is 1. The van der Waals surface area contributed by atoms with Crippen molar-refractivity contribution in [3.63, 3.8) is 0 Å². The lowest BCUT2D eigenvalue weighted by molar-refractivity contribution is 0.496. The molecule has 2 aromatic carbocycles. The topological polar surface area (TPSA) is 12.0 Å². The quantitative estimate of drug-likeness (QED) is 0.816. The maximum absolute atomic E-state index is 13.7. The van der Waals surface area contributed by atoms with Gasteiger partial charge in [-0.2, -0.15) is 0 Å². The van der Waals surface area contributed by atoms with E-state index in [1.807, 2.05) is 26.0 Å². The number of rotatable bonds is 4. The largest absolute Gasteiger partial charge is 0.310 e. The van der Waals surface area contributed by atoms with Crippen LogP contribution >= 0.6 is 0 Å². The van der Waals surface area contributed by atoms with E-state index in [9.17, 15) is 13.2 Å². The summed E-state index contributed by atoms with van der Waals surface area (Å²) in [6, 6.07) is 8.75. The van der Waals surface area contributed by atoms with Gasteiger partial charge < -0.3 is 5.32 Å². The van der Waals surface area contributed by atoms with E-state index in [1.54, 1.807) is 12.1 Å². The van der Waals surface area contributed by atoms with Gasteiger partial charge in [0.1, 0.15) is 5.82 Å². The fourth-order valence-electron chi connectivity index (χ4n) is 2.12. The summed E-state index contributed by atoms with van der Waals surface area (Å²) in [5.41, 5.74) is 1.64. The first-order valence-electron chi connectivity index (χ1n) is 6.51. The predicted molar refractivity (Wildman–Crippen MR) is 73.8 cm³/mol. The van der Waals surface area contributed by atoms with E-state index in [2.05, 4.69) is 5.32 Å². The van der Waals surface area contributed by atoms with Gasteiger partial charge in [-0.25, -0.2) is 13.2 Å². The third-order valence-corrected chi connectivity index (χ3v) is 3.24. The third-order valence-electron chi connectivity index (χ3n) is 3.24. The molecule has 1 nitrogen and oxygen atoms in total. The Kier molecular flexibility index (Phi) is 4.45. The van der Waals surface area contributed by atoms with Crippen LogP contribution in [0.2, 0.25) is 0 Å². The van der Waals surface area contributed by atoms with E-state index in [-0.39, 0.29) is 11.6 Å². The van der Waals surface area contributed by atoms with Crippen LogP contribution in [0.1, 0.15) is 25.5 Å². The molecule has 0 aromatic heterocycles. The van der Waals surface area contributed by atoms with E-state index < -0.39 is 17.5 Å². The lowest BCUT2D eigenvalue weighted by Gasteiger charge is -2.13. The van der Waals surface area contributed by atoms with Crippen molar-refractivity contribution in [2.45, 2.75) is 19.9 Å². The zero-order valence-corrected chi connectivity index (χ0v) is 11.4. The van der Waals surface area contributed by atoms with E-state index in [1.165, 1.54) is 0 Å². The zero-order chi connectivity index (χ0) is 14.7. The number of benzene rings is 2. The fraction of sp³-hybridized carbons (Fsp3) is 0.250. The highest BCUT2D eigenvalue weighted by Crippen LogP contribution is 2.26. The van der Waals surface area contributed by atoms with Crippen molar-refractivity contribution >= 4 is 0 Å². The lowest BCUT2D eigenvalue weighted by Crippen LogP contribution is -2.17. The minimum atomic E-state index is -1.18. The predicted octanol–water partition coefficient (Wildman–Crippen LogP) is 4.44. The molecule has 1 unspecified atom stereocenters. The van der Waals surface area contributed by atoms with Gasteiger partial charge in [-0.05, 0) is 30.7 Å². The molecular weight excluding hydrogens is 263 g/mol. The summed E-state index contributed by atoms with van der Waals surface area (Å²) in [6.07, 6.45) is 0. The Hall–Kier alpha value is -1.81. The molecule has 0 spiro atoms. The van der Waals surface area contributed by atoms with Gasteiger partial charge in [0.2, 0.25) is 0 Å². The molecule has 0 fully saturated rings. The Morgan fingerprint density at radius 3 is 2.15 bits per heavy atom. The molecule has 0 aliphatic heterocycles. The van der Waals surface area contributed by atoms with E-state index in [0.717, 1.165) is 18.2 Å². The Balaban J connectivity index is 2.33. The lowest BCUT2D eigenvalue weighted by atomic mass is 10.0. The van der Waals surface area contributed by atoms with Crippen LogP contribution in [0.5, 0.6) is 0 Å². The molecule has 0 saturated carbocycles. The number of hydrogen-bond acceptors (Lipinski definition) is 1. The van der Waals surface area contributed by atoms with Crippen LogP contribution in [0.15, 0.2) is 36.4 Å². The molecule has 0 aliphatic rings. The zero-order valence-electron chi connectivity index (χ0n) is 11.4. The molecule has 0 amide bonds. The van der Waals surface area contributed by atoms with Gasteiger partial charge in [0, 0.05) is 17.7 Å². The van der Waals surface area contributed by atoms with Crippen molar-refractivity contribution in [3.8, 4) is 11.1 Å². The van der Waals surface area contributed by atoms with Crippen molar-refractivity contribution in [2.24, 2.45) is 0 Å². The molecule has 2 aromatic rings. The van der Waals surface area contributed by atoms with Gasteiger partial charge in [-0.1, -0.05) is 31.2 Å². The minimum Gasteiger partial charge on any atom is -0.310 e. The second-order valence-electron chi connectivity index (χ2n) is 4.65. The molecule has 2 rings (SSSR count). The maximum Gasteiger partial charge on any atom is 0.161 e. The molecule has 0 bridgehead atoms. The average Bonchev–Trinajstić information content (AvgIpc) is 2.43. The van der Waals surface area contributed by atoms with E-state index in [4.69, 9.17) is 0 Å². The maximum atomic E-state index is 13.7. The van der Waals surface area contributed by atoms with Crippen LogP contribution in [0.25, 0.3) is 11.1 Å². The smallest absolute Gasteiger partial charge is 0.161 e. The van der Waals surface area contributed by atoms with Crippen LogP contribution in [0.3, 0.4) is 0 Å². The molecule has 106 valence electrons. The molecule has 0 radical (unpaired) electrons. The van der Waals surface area contributed by atoms with Crippen molar-refractivity contribution in [1.29, 1.82) is 0 Å². The molecule has 0 aliphatic carbocycles. The number of halogens is 3. The number of nitrogens with one attached hydrogen (secondary N) is 1. The third kappa shape index (κ3) is 3.02. The Morgan fingerprint density at radius 2 is 1.55 bits per heavy atom. The van der Waals surface area contributed by atoms with Gasteiger partial charge in [-0.15, -0.1) is 0 Å². The van der Waals surface area contributed by atoms with Gasteiger partial charge in [0.05, 0.1) is 0 Å². The average molecular weight is 279 g/mol. The van der Waals surface area contributed by atoms with Gasteiger partial charge in [0.25, 0.3) is 0 Å². The standard InChI is InChI=1S/C16H16F3N/c1-3-20-10(2)11-4-6-12(7-5-11)13-8-15(18)16(19)9-14(13)17/h4-10,20H,3H2,1-2H3. The molecule has 1 N–H and O–H groups in total. The highest BCUT2D eigenvalue weighted by Gasteiger charge is 2.12. The Bertz CT molecular complexity index is 593. The van der Waals surface area contributed by atoms with Crippen LogP contribution in [-0.2, 0) is 0 Å². The van der Waals surface area contributed by atoms with Crippen molar-refractivity contribution in [3.05, 3.63) is 59.4 Å². The Morgan fingerprint density at radius 1 is 0.950 bits per heavy atom. The van der Waals surface area contributed by atoms with Gasteiger partial charge in [-0.3, -0.25) is 0 Å². The summed E-state index contributed by atoms with van der Waals surface area (Å²) in [6.45, 7) is 4.89. The monoisotopic (exact) mass is 279 g/mol. The second kappa shape index (κ2) is 6.09. The van der Waals surface area contributed by atoms with Crippen LogP contribution in [0.4, 0.5) is 13.2 Å². The first-order chi connectivity index (χ1) is 9.52. The summed E-state index contributed by atoms with van der Waals surface area (Å²) in [4.78, 5) is 0.